The van der Waals surface area contributed by atoms with Crippen molar-refractivity contribution in [2.24, 2.45) is 0 Å². The fourth-order valence-corrected chi connectivity index (χ4v) is 2.77. The standard InChI is InChI=1S/C20H19FN2O2/c1-13-11-18(17-9-6-15(21)12-19(17)23-13)20(25)22-10-2-3-14-4-7-16(24)8-5-14/h4-9,11-12,24H,2-3,10H2,1H3,(H,22,25). The summed E-state index contributed by atoms with van der Waals surface area (Å²) in [6, 6.07) is 13.0. The Morgan fingerprint density at radius 3 is 2.68 bits per heavy atom. The Kier molecular flexibility index (Phi) is 4.93. The number of rotatable bonds is 5. The van der Waals surface area contributed by atoms with E-state index >= 15 is 0 Å². The lowest BCUT2D eigenvalue weighted by atomic mass is 10.1. The topological polar surface area (TPSA) is 62.2 Å². The van der Waals surface area contributed by atoms with Crippen LogP contribution in [-0.2, 0) is 6.42 Å². The minimum atomic E-state index is -0.370. The Balaban J connectivity index is 1.65. The monoisotopic (exact) mass is 338 g/mol. The summed E-state index contributed by atoms with van der Waals surface area (Å²) in [4.78, 5) is 16.8. The highest BCUT2D eigenvalue weighted by Gasteiger charge is 2.12. The van der Waals surface area contributed by atoms with Gasteiger partial charge in [0, 0.05) is 23.7 Å². The van der Waals surface area contributed by atoms with E-state index in [1.807, 2.05) is 12.1 Å². The van der Waals surface area contributed by atoms with Crippen LogP contribution in [0.25, 0.3) is 10.9 Å². The molecule has 0 atom stereocenters. The third-order valence-corrected chi connectivity index (χ3v) is 4.01. The molecular formula is C20H19FN2O2. The Hall–Kier alpha value is -2.95. The van der Waals surface area contributed by atoms with Crippen molar-refractivity contribution < 1.29 is 14.3 Å². The maximum atomic E-state index is 13.4. The van der Waals surface area contributed by atoms with E-state index < -0.39 is 0 Å². The molecular weight excluding hydrogens is 319 g/mol. The molecule has 3 aromatic rings. The predicted octanol–water partition coefficient (Wildman–Crippen LogP) is 3.75. The van der Waals surface area contributed by atoms with Gasteiger partial charge in [-0.1, -0.05) is 12.1 Å². The van der Waals surface area contributed by atoms with Crippen LogP contribution in [0.2, 0.25) is 0 Å². The average Bonchev–Trinajstić information content (AvgIpc) is 2.59. The highest BCUT2D eigenvalue weighted by molar-refractivity contribution is 6.06. The molecule has 0 fully saturated rings. The zero-order chi connectivity index (χ0) is 17.8. The minimum absolute atomic E-state index is 0.187. The summed E-state index contributed by atoms with van der Waals surface area (Å²) in [5.41, 5.74) is 2.77. The molecule has 2 aromatic carbocycles. The van der Waals surface area contributed by atoms with Crippen molar-refractivity contribution in [3.05, 3.63) is 71.2 Å². The Morgan fingerprint density at radius 1 is 1.16 bits per heavy atom. The lowest BCUT2D eigenvalue weighted by Gasteiger charge is -2.09. The fraction of sp³-hybridized carbons (Fsp3) is 0.200. The number of halogens is 1. The summed E-state index contributed by atoms with van der Waals surface area (Å²) in [6.07, 6.45) is 1.59. The molecule has 0 saturated heterocycles. The number of pyridine rings is 1. The van der Waals surface area contributed by atoms with E-state index in [0.717, 1.165) is 18.4 Å². The maximum Gasteiger partial charge on any atom is 0.252 e. The van der Waals surface area contributed by atoms with Crippen molar-refractivity contribution in [3.8, 4) is 5.75 Å². The molecule has 0 aliphatic heterocycles. The van der Waals surface area contributed by atoms with Crippen molar-refractivity contribution in [2.75, 3.05) is 6.54 Å². The number of aromatic nitrogens is 1. The van der Waals surface area contributed by atoms with Gasteiger partial charge < -0.3 is 10.4 Å². The van der Waals surface area contributed by atoms with Gasteiger partial charge in [0.05, 0.1) is 11.1 Å². The molecule has 0 spiro atoms. The summed E-state index contributed by atoms with van der Waals surface area (Å²) in [5, 5.41) is 12.8. The molecule has 0 saturated carbocycles. The number of carbonyl (C=O) groups is 1. The predicted molar refractivity (Wildman–Crippen MR) is 95.2 cm³/mol. The first-order valence-electron chi connectivity index (χ1n) is 8.16. The molecule has 1 amide bonds. The average molecular weight is 338 g/mol. The second kappa shape index (κ2) is 7.30. The molecule has 1 heterocycles. The van der Waals surface area contributed by atoms with Gasteiger partial charge >= 0.3 is 0 Å². The van der Waals surface area contributed by atoms with Crippen LogP contribution in [0.3, 0.4) is 0 Å². The molecule has 0 aliphatic rings. The lowest BCUT2D eigenvalue weighted by Crippen LogP contribution is -2.25. The molecule has 3 rings (SSSR count). The summed E-state index contributed by atoms with van der Waals surface area (Å²) in [7, 11) is 0. The second-order valence-electron chi connectivity index (χ2n) is 6.00. The van der Waals surface area contributed by atoms with Crippen molar-refractivity contribution >= 4 is 16.8 Å². The van der Waals surface area contributed by atoms with Crippen LogP contribution in [0.5, 0.6) is 5.75 Å². The lowest BCUT2D eigenvalue weighted by molar-refractivity contribution is 0.0954. The van der Waals surface area contributed by atoms with Gasteiger partial charge in [0.1, 0.15) is 11.6 Å². The smallest absolute Gasteiger partial charge is 0.252 e. The van der Waals surface area contributed by atoms with Gasteiger partial charge in [-0.2, -0.15) is 0 Å². The number of hydrogen-bond acceptors (Lipinski definition) is 3. The van der Waals surface area contributed by atoms with Gasteiger partial charge in [0.2, 0.25) is 0 Å². The van der Waals surface area contributed by atoms with Gasteiger partial charge in [0.15, 0.2) is 0 Å². The zero-order valence-electron chi connectivity index (χ0n) is 13.9. The van der Waals surface area contributed by atoms with Crippen LogP contribution in [0, 0.1) is 12.7 Å². The molecule has 0 bridgehead atoms. The third-order valence-electron chi connectivity index (χ3n) is 4.01. The van der Waals surface area contributed by atoms with Crippen molar-refractivity contribution in [2.45, 2.75) is 19.8 Å². The van der Waals surface area contributed by atoms with Crippen LogP contribution in [0.1, 0.15) is 28.0 Å². The largest absolute Gasteiger partial charge is 0.508 e. The van der Waals surface area contributed by atoms with Crippen molar-refractivity contribution in [1.82, 2.24) is 10.3 Å². The number of nitrogens with zero attached hydrogens (tertiary/aromatic N) is 1. The first kappa shape index (κ1) is 16.9. The van der Waals surface area contributed by atoms with Gasteiger partial charge in [-0.25, -0.2) is 4.39 Å². The zero-order valence-corrected chi connectivity index (χ0v) is 13.9. The number of aromatic hydroxyl groups is 1. The van der Waals surface area contributed by atoms with Crippen LogP contribution >= 0.6 is 0 Å². The highest BCUT2D eigenvalue weighted by atomic mass is 19.1. The number of nitrogens with one attached hydrogen (secondary N) is 1. The summed E-state index contributed by atoms with van der Waals surface area (Å²) in [6.45, 7) is 2.32. The molecule has 5 heteroatoms. The number of carbonyl (C=O) groups excluding carboxylic acids is 1. The molecule has 1 aromatic heterocycles. The van der Waals surface area contributed by atoms with Crippen LogP contribution in [0.4, 0.5) is 4.39 Å². The number of benzene rings is 2. The molecule has 128 valence electrons. The normalized spacial score (nSPS) is 10.8. The Morgan fingerprint density at radius 2 is 1.92 bits per heavy atom. The van der Waals surface area contributed by atoms with Gasteiger partial charge in [-0.15, -0.1) is 0 Å². The highest BCUT2D eigenvalue weighted by Crippen LogP contribution is 2.19. The summed E-state index contributed by atoms with van der Waals surface area (Å²) < 4.78 is 13.4. The van der Waals surface area contributed by atoms with Crippen LogP contribution in [0.15, 0.2) is 48.5 Å². The first-order valence-corrected chi connectivity index (χ1v) is 8.16. The number of hydrogen-bond donors (Lipinski definition) is 2. The molecule has 0 radical (unpaired) electrons. The molecule has 25 heavy (non-hydrogen) atoms. The maximum absolute atomic E-state index is 13.4. The van der Waals surface area contributed by atoms with E-state index in [0.29, 0.717) is 28.7 Å². The minimum Gasteiger partial charge on any atom is -0.508 e. The number of aryl methyl sites for hydroxylation is 2. The Bertz CT molecular complexity index is 902. The van der Waals surface area contributed by atoms with Crippen molar-refractivity contribution in [3.63, 3.8) is 0 Å². The fourth-order valence-electron chi connectivity index (χ4n) is 2.77. The third kappa shape index (κ3) is 4.12. The molecule has 4 nitrogen and oxygen atoms in total. The number of amides is 1. The van der Waals surface area contributed by atoms with Crippen LogP contribution in [-0.4, -0.2) is 22.5 Å². The SMILES string of the molecule is Cc1cc(C(=O)NCCCc2ccc(O)cc2)c2ccc(F)cc2n1. The van der Waals surface area contributed by atoms with Gasteiger partial charge in [-0.3, -0.25) is 9.78 Å². The van der Waals surface area contributed by atoms with E-state index in [-0.39, 0.29) is 17.5 Å². The van der Waals surface area contributed by atoms with E-state index in [9.17, 15) is 14.3 Å². The molecule has 0 unspecified atom stereocenters. The van der Waals surface area contributed by atoms with Crippen LogP contribution < -0.4 is 5.32 Å². The second-order valence-corrected chi connectivity index (χ2v) is 6.00. The van der Waals surface area contributed by atoms with E-state index in [1.165, 1.54) is 12.1 Å². The first-order chi connectivity index (χ1) is 12.0. The van der Waals surface area contributed by atoms with Crippen molar-refractivity contribution in [1.29, 1.82) is 0 Å². The number of phenols is 1. The van der Waals surface area contributed by atoms with Gasteiger partial charge in [0.25, 0.3) is 5.91 Å². The summed E-state index contributed by atoms with van der Waals surface area (Å²) >= 11 is 0. The van der Waals surface area contributed by atoms with E-state index in [4.69, 9.17) is 0 Å². The number of fused-ring (bicyclic) bond motifs is 1. The summed E-state index contributed by atoms with van der Waals surface area (Å²) in [5.74, 6) is -0.313. The Labute approximate surface area is 145 Å². The van der Waals surface area contributed by atoms with Gasteiger partial charge in [-0.05, 0) is 55.7 Å². The number of phenolic OH excluding ortho intramolecular Hbond substituents is 1. The molecule has 0 aliphatic carbocycles. The molecule has 2 N–H and O–H groups in total. The van der Waals surface area contributed by atoms with E-state index in [2.05, 4.69) is 10.3 Å². The quantitative estimate of drug-likeness (QED) is 0.697. The van der Waals surface area contributed by atoms with E-state index in [1.54, 1.807) is 31.2 Å².